The molecule has 3 aromatic rings. The van der Waals surface area contributed by atoms with Crippen molar-refractivity contribution in [1.29, 1.82) is 0 Å². The Morgan fingerprint density at radius 3 is 2.73 bits per heavy atom. The number of carbonyl (C=O) groups excluding carboxylic acids is 1. The molecule has 2 aromatic carbocycles. The van der Waals surface area contributed by atoms with Crippen molar-refractivity contribution in [3.8, 4) is 28.6 Å². The van der Waals surface area contributed by atoms with Gasteiger partial charge in [-0.2, -0.15) is 0 Å². The van der Waals surface area contributed by atoms with Crippen LogP contribution in [-0.4, -0.2) is 42.2 Å². The third kappa shape index (κ3) is 4.93. The minimum Gasteiger partial charge on any atom is -0.497 e. The molecule has 0 bridgehead atoms. The van der Waals surface area contributed by atoms with Crippen LogP contribution >= 0.6 is 0 Å². The maximum Gasteiger partial charge on any atom is 0.251 e. The molecule has 1 aromatic heterocycles. The summed E-state index contributed by atoms with van der Waals surface area (Å²) in [5, 5.41) is 2.94. The molecular formula is C23H23N3O4. The van der Waals surface area contributed by atoms with E-state index in [9.17, 15) is 4.79 Å². The van der Waals surface area contributed by atoms with Gasteiger partial charge in [0.15, 0.2) is 0 Å². The second-order valence-electron chi connectivity index (χ2n) is 6.94. The summed E-state index contributed by atoms with van der Waals surface area (Å²) in [6, 6.07) is 16.3. The summed E-state index contributed by atoms with van der Waals surface area (Å²) in [5.74, 6) is 1.68. The number of carbonyl (C=O) groups is 1. The quantitative estimate of drug-likeness (QED) is 0.643. The zero-order valence-electron chi connectivity index (χ0n) is 16.7. The number of rotatable bonds is 7. The Morgan fingerprint density at radius 2 is 1.97 bits per heavy atom. The van der Waals surface area contributed by atoms with E-state index in [4.69, 9.17) is 14.2 Å². The third-order valence-electron chi connectivity index (χ3n) is 4.86. The van der Waals surface area contributed by atoms with E-state index >= 15 is 0 Å². The summed E-state index contributed by atoms with van der Waals surface area (Å²) < 4.78 is 16.5. The summed E-state index contributed by atoms with van der Waals surface area (Å²) in [6.07, 6.45) is 3.58. The number of amides is 1. The molecule has 1 aliphatic heterocycles. The summed E-state index contributed by atoms with van der Waals surface area (Å²) >= 11 is 0. The number of hydrogen-bond donors (Lipinski definition) is 1. The van der Waals surface area contributed by atoms with Crippen LogP contribution in [0.4, 0.5) is 0 Å². The van der Waals surface area contributed by atoms with Gasteiger partial charge in [-0.25, -0.2) is 9.97 Å². The lowest BCUT2D eigenvalue weighted by atomic mass is 10.1. The van der Waals surface area contributed by atoms with Gasteiger partial charge in [0.2, 0.25) is 5.88 Å². The molecule has 30 heavy (non-hydrogen) atoms. The first kappa shape index (κ1) is 19.8. The molecule has 7 heteroatoms. The van der Waals surface area contributed by atoms with Crippen molar-refractivity contribution < 1.29 is 19.0 Å². The van der Waals surface area contributed by atoms with Crippen LogP contribution in [0.15, 0.2) is 60.9 Å². The summed E-state index contributed by atoms with van der Waals surface area (Å²) in [7, 11) is 1.61. The minimum absolute atomic E-state index is 0.108. The van der Waals surface area contributed by atoms with Crippen LogP contribution in [0.2, 0.25) is 0 Å². The summed E-state index contributed by atoms with van der Waals surface area (Å²) in [5.41, 5.74) is 2.05. The zero-order valence-corrected chi connectivity index (χ0v) is 16.7. The predicted octanol–water partition coefficient (Wildman–Crippen LogP) is 3.85. The molecule has 1 fully saturated rings. The molecule has 2 heterocycles. The molecular weight excluding hydrogens is 382 g/mol. The molecule has 1 amide bonds. The first-order chi connectivity index (χ1) is 14.7. The molecule has 1 N–H and O–H groups in total. The maximum absolute atomic E-state index is 12.5. The van der Waals surface area contributed by atoms with Gasteiger partial charge in [-0.3, -0.25) is 4.79 Å². The van der Waals surface area contributed by atoms with E-state index in [1.807, 2.05) is 30.3 Å². The van der Waals surface area contributed by atoms with Gasteiger partial charge >= 0.3 is 0 Å². The Hall–Kier alpha value is -3.45. The number of methoxy groups -OCH3 is 1. The van der Waals surface area contributed by atoms with Crippen molar-refractivity contribution >= 4 is 5.91 Å². The Kier molecular flexibility index (Phi) is 6.20. The van der Waals surface area contributed by atoms with E-state index in [-0.39, 0.29) is 12.0 Å². The fourth-order valence-electron chi connectivity index (χ4n) is 3.25. The van der Waals surface area contributed by atoms with Crippen molar-refractivity contribution in [3.05, 3.63) is 66.5 Å². The monoisotopic (exact) mass is 405 g/mol. The van der Waals surface area contributed by atoms with Crippen LogP contribution < -0.4 is 14.8 Å². The molecule has 0 aliphatic carbocycles. The van der Waals surface area contributed by atoms with Gasteiger partial charge in [-0.15, -0.1) is 0 Å². The van der Waals surface area contributed by atoms with Crippen LogP contribution in [0.25, 0.3) is 11.3 Å². The lowest BCUT2D eigenvalue weighted by Crippen LogP contribution is -2.31. The number of aromatic nitrogens is 2. The topological polar surface area (TPSA) is 82.6 Å². The van der Waals surface area contributed by atoms with Crippen molar-refractivity contribution in [3.63, 3.8) is 0 Å². The zero-order chi connectivity index (χ0) is 20.8. The molecule has 154 valence electrons. The predicted molar refractivity (Wildman–Crippen MR) is 112 cm³/mol. The average molecular weight is 405 g/mol. The first-order valence-corrected chi connectivity index (χ1v) is 9.85. The van der Waals surface area contributed by atoms with Gasteiger partial charge < -0.3 is 19.5 Å². The van der Waals surface area contributed by atoms with Crippen LogP contribution in [0.1, 0.15) is 23.2 Å². The maximum atomic E-state index is 12.5. The van der Waals surface area contributed by atoms with Crippen LogP contribution in [0.5, 0.6) is 17.4 Å². The number of hydrogen-bond acceptors (Lipinski definition) is 6. The first-order valence-electron chi connectivity index (χ1n) is 9.85. The van der Waals surface area contributed by atoms with Crippen LogP contribution in [-0.2, 0) is 4.74 Å². The van der Waals surface area contributed by atoms with Gasteiger partial charge in [0.1, 0.15) is 17.8 Å². The van der Waals surface area contributed by atoms with Gasteiger partial charge in [0.25, 0.3) is 5.91 Å². The van der Waals surface area contributed by atoms with Gasteiger partial charge in [-0.1, -0.05) is 12.1 Å². The van der Waals surface area contributed by atoms with Crippen LogP contribution in [0, 0.1) is 0 Å². The SMILES string of the molecule is COc1ccc(Oc2cc(-c3cccc(C(=O)NC[C@H]4CCCO4)c3)ncn2)cc1. The van der Waals surface area contributed by atoms with Crippen molar-refractivity contribution in [2.45, 2.75) is 18.9 Å². The molecule has 1 aliphatic rings. The van der Waals surface area contributed by atoms with E-state index in [1.54, 1.807) is 31.4 Å². The highest BCUT2D eigenvalue weighted by molar-refractivity contribution is 5.95. The molecule has 0 spiro atoms. The van der Waals surface area contributed by atoms with Crippen LogP contribution in [0.3, 0.4) is 0 Å². The number of nitrogens with zero attached hydrogens (tertiary/aromatic N) is 2. The van der Waals surface area contributed by atoms with Crippen molar-refractivity contribution in [2.75, 3.05) is 20.3 Å². The molecule has 0 saturated carbocycles. The Morgan fingerprint density at radius 1 is 1.13 bits per heavy atom. The second-order valence-corrected chi connectivity index (χ2v) is 6.94. The van der Waals surface area contributed by atoms with E-state index in [2.05, 4.69) is 15.3 Å². The minimum atomic E-state index is -0.129. The molecule has 4 rings (SSSR count). The lowest BCUT2D eigenvalue weighted by Gasteiger charge is -2.11. The lowest BCUT2D eigenvalue weighted by molar-refractivity contribution is 0.0858. The molecule has 1 saturated heterocycles. The number of benzene rings is 2. The normalized spacial score (nSPS) is 15.6. The highest BCUT2D eigenvalue weighted by atomic mass is 16.5. The molecule has 0 radical (unpaired) electrons. The Balaban J connectivity index is 1.46. The van der Waals surface area contributed by atoms with Gasteiger partial charge in [0.05, 0.1) is 18.9 Å². The molecule has 1 atom stereocenters. The van der Waals surface area contributed by atoms with Crippen molar-refractivity contribution in [2.24, 2.45) is 0 Å². The van der Waals surface area contributed by atoms with E-state index in [0.29, 0.717) is 29.4 Å². The van der Waals surface area contributed by atoms with E-state index in [1.165, 1.54) is 6.33 Å². The van der Waals surface area contributed by atoms with E-state index < -0.39 is 0 Å². The Bertz CT molecular complexity index is 1000. The number of ether oxygens (including phenoxy) is 3. The highest BCUT2D eigenvalue weighted by Gasteiger charge is 2.17. The second kappa shape index (κ2) is 9.37. The van der Waals surface area contributed by atoms with E-state index in [0.717, 1.165) is 30.8 Å². The van der Waals surface area contributed by atoms with Gasteiger partial charge in [0, 0.05) is 30.3 Å². The fourth-order valence-corrected chi connectivity index (χ4v) is 3.25. The molecule has 7 nitrogen and oxygen atoms in total. The largest absolute Gasteiger partial charge is 0.497 e. The van der Waals surface area contributed by atoms with Crippen molar-refractivity contribution in [1.82, 2.24) is 15.3 Å². The highest BCUT2D eigenvalue weighted by Crippen LogP contribution is 2.26. The molecule has 0 unspecified atom stereocenters. The summed E-state index contributed by atoms with van der Waals surface area (Å²) in [4.78, 5) is 21.0. The fraction of sp³-hybridized carbons (Fsp3) is 0.261. The number of nitrogens with one attached hydrogen (secondary N) is 1. The summed E-state index contributed by atoms with van der Waals surface area (Å²) in [6.45, 7) is 1.29. The standard InChI is InChI=1S/C23H23N3O4/c1-28-18-7-9-19(10-8-18)30-22-13-21(25-15-26-22)16-4-2-5-17(12-16)23(27)24-14-20-6-3-11-29-20/h2,4-5,7-10,12-13,15,20H,3,6,11,14H2,1H3,(H,24,27)/t20-/m1/s1. The van der Waals surface area contributed by atoms with Gasteiger partial charge in [-0.05, 0) is 49.2 Å². The average Bonchev–Trinajstić information content (AvgIpc) is 3.32. The smallest absolute Gasteiger partial charge is 0.251 e. The Labute approximate surface area is 175 Å². The third-order valence-corrected chi connectivity index (χ3v) is 4.86.